The first-order chi connectivity index (χ1) is 9.10. The van der Waals surface area contributed by atoms with E-state index < -0.39 is 5.91 Å². The molecule has 0 spiro atoms. The third-order valence-electron chi connectivity index (χ3n) is 2.33. The van der Waals surface area contributed by atoms with E-state index in [1.54, 1.807) is 37.3 Å². The van der Waals surface area contributed by atoms with Crippen molar-refractivity contribution in [1.82, 2.24) is 9.97 Å². The molecule has 7 heteroatoms. The Morgan fingerprint density at radius 3 is 2.74 bits per heavy atom. The van der Waals surface area contributed by atoms with Crippen LogP contribution in [0.1, 0.15) is 16.1 Å². The predicted octanol–water partition coefficient (Wildman–Crippen LogP) is 0.962. The van der Waals surface area contributed by atoms with Crippen molar-refractivity contribution in [1.29, 1.82) is 0 Å². The maximum absolute atomic E-state index is 11.3. The first-order valence-corrected chi connectivity index (χ1v) is 5.49. The minimum Gasteiger partial charge on any atom is -0.438 e. The van der Waals surface area contributed by atoms with E-state index in [-0.39, 0.29) is 17.4 Å². The molecule has 0 saturated carbocycles. The van der Waals surface area contributed by atoms with Crippen LogP contribution in [0.5, 0.6) is 11.6 Å². The van der Waals surface area contributed by atoms with Crippen LogP contribution >= 0.6 is 0 Å². The Balaban J connectivity index is 2.36. The van der Waals surface area contributed by atoms with Gasteiger partial charge in [-0.05, 0) is 19.1 Å². The smallest absolute Gasteiger partial charge is 0.252 e. The Kier molecular flexibility index (Phi) is 3.58. The SMILES string of the molecule is Cc1cc(Oc2ccccc2C(N)=O)nc(NN)n1. The largest absolute Gasteiger partial charge is 0.438 e. The number of nitrogens with zero attached hydrogens (tertiary/aromatic N) is 2. The van der Waals surface area contributed by atoms with Gasteiger partial charge in [0.05, 0.1) is 5.56 Å². The summed E-state index contributed by atoms with van der Waals surface area (Å²) in [5.74, 6) is 5.51. The molecule has 1 heterocycles. The molecule has 2 aromatic rings. The lowest BCUT2D eigenvalue weighted by atomic mass is 10.2. The minimum atomic E-state index is -0.571. The van der Waals surface area contributed by atoms with Gasteiger partial charge in [-0.25, -0.2) is 10.8 Å². The second kappa shape index (κ2) is 5.32. The number of rotatable bonds is 4. The van der Waals surface area contributed by atoms with Crippen LogP contribution in [0.25, 0.3) is 0 Å². The summed E-state index contributed by atoms with van der Waals surface area (Å²) in [6, 6.07) is 8.27. The summed E-state index contributed by atoms with van der Waals surface area (Å²) >= 11 is 0. The molecule has 7 nitrogen and oxygen atoms in total. The van der Waals surface area contributed by atoms with Crippen LogP contribution in [-0.4, -0.2) is 15.9 Å². The van der Waals surface area contributed by atoms with Gasteiger partial charge in [-0.3, -0.25) is 10.2 Å². The Hall–Kier alpha value is -2.67. The molecule has 2 rings (SSSR count). The molecule has 0 saturated heterocycles. The second-order valence-corrected chi connectivity index (χ2v) is 3.78. The zero-order valence-electron chi connectivity index (χ0n) is 10.3. The molecule has 1 aromatic heterocycles. The van der Waals surface area contributed by atoms with E-state index in [0.717, 1.165) is 0 Å². The predicted molar refractivity (Wildman–Crippen MR) is 69.6 cm³/mol. The lowest BCUT2D eigenvalue weighted by molar-refractivity contribution is 0.0998. The Labute approximate surface area is 109 Å². The number of nitrogen functional groups attached to an aromatic ring is 1. The van der Waals surface area contributed by atoms with Gasteiger partial charge < -0.3 is 10.5 Å². The van der Waals surface area contributed by atoms with Crippen LogP contribution in [0.4, 0.5) is 5.95 Å². The van der Waals surface area contributed by atoms with Gasteiger partial charge in [0.1, 0.15) is 5.75 Å². The Morgan fingerprint density at radius 2 is 2.05 bits per heavy atom. The molecule has 5 N–H and O–H groups in total. The number of ether oxygens (including phenoxy) is 1. The number of primary amides is 1. The van der Waals surface area contributed by atoms with E-state index in [1.807, 2.05) is 0 Å². The van der Waals surface area contributed by atoms with Crippen LogP contribution in [0.15, 0.2) is 30.3 Å². The summed E-state index contributed by atoms with van der Waals surface area (Å²) in [7, 11) is 0. The molecular weight excluding hydrogens is 246 g/mol. The molecule has 0 aliphatic rings. The molecule has 0 radical (unpaired) electrons. The summed E-state index contributed by atoms with van der Waals surface area (Å²) < 4.78 is 5.55. The molecule has 0 fully saturated rings. The maximum Gasteiger partial charge on any atom is 0.252 e. The number of nitrogens with one attached hydrogen (secondary N) is 1. The van der Waals surface area contributed by atoms with Crippen molar-refractivity contribution in [2.75, 3.05) is 5.43 Å². The zero-order valence-corrected chi connectivity index (χ0v) is 10.3. The van der Waals surface area contributed by atoms with Gasteiger partial charge in [-0.15, -0.1) is 0 Å². The fraction of sp³-hybridized carbons (Fsp3) is 0.0833. The highest BCUT2D eigenvalue weighted by molar-refractivity contribution is 5.95. The number of hydrogen-bond acceptors (Lipinski definition) is 6. The van der Waals surface area contributed by atoms with Crippen LogP contribution in [0.3, 0.4) is 0 Å². The monoisotopic (exact) mass is 259 g/mol. The highest BCUT2D eigenvalue weighted by Crippen LogP contribution is 2.24. The minimum absolute atomic E-state index is 0.228. The average molecular weight is 259 g/mol. The van der Waals surface area contributed by atoms with Crippen molar-refractivity contribution in [3.05, 3.63) is 41.6 Å². The fourth-order valence-electron chi connectivity index (χ4n) is 1.53. The fourth-order valence-corrected chi connectivity index (χ4v) is 1.53. The summed E-state index contributed by atoms with van der Waals surface area (Å²) in [4.78, 5) is 19.3. The van der Waals surface area contributed by atoms with Crippen LogP contribution in [-0.2, 0) is 0 Å². The highest BCUT2D eigenvalue weighted by atomic mass is 16.5. The Bertz CT molecular complexity index is 615. The van der Waals surface area contributed by atoms with E-state index >= 15 is 0 Å². The third kappa shape index (κ3) is 2.96. The van der Waals surface area contributed by atoms with E-state index in [9.17, 15) is 4.79 Å². The van der Waals surface area contributed by atoms with E-state index in [2.05, 4.69) is 15.4 Å². The van der Waals surface area contributed by atoms with Gasteiger partial charge >= 0.3 is 0 Å². The number of hydrogen-bond donors (Lipinski definition) is 3. The van der Waals surface area contributed by atoms with Crippen LogP contribution < -0.4 is 21.7 Å². The number of nitrogens with two attached hydrogens (primary N) is 2. The molecular formula is C12H13N5O2. The molecule has 0 unspecified atom stereocenters. The van der Waals surface area contributed by atoms with Crippen molar-refractivity contribution in [3.63, 3.8) is 0 Å². The lowest BCUT2D eigenvalue weighted by Crippen LogP contribution is -2.13. The zero-order chi connectivity index (χ0) is 13.8. The van der Waals surface area contributed by atoms with Crippen molar-refractivity contribution in [3.8, 4) is 11.6 Å². The van der Waals surface area contributed by atoms with Gasteiger partial charge in [0.15, 0.2) is 0 Å². The van der Waals surface area contributed by atoms with Crippen LogP contribution in [0.2, 0.25) is 0 Å². The van der Waals surface area contributed by atoms with E-state index in [1.165, 1.54) is 0 Å². The average Bonchev–Trinajstić information content (AvgIpc) is 2.38. The number of hydrazine groups is 1. The lowest BCUT2D eigenvalue weighted by Gasteiger charge is -2.09. The van der Waals surface area contributed by atoms with Gasteiger partial charge in [0.2, 0.25) is 11.8 Å². The molecule has 1 aromatic carbocycles. The summed E-state index contributed by atoms with van der Waals surface area (Å²) in [5.41, 5.74) is 8.56. The molecule has 0 bridgehead atoms. The second-order valence-electron chi connectivity index (χ2n) is 3.78. The maximum atomic E-state index is 11.3. The van der Waals surface area contributed by atoms with Crippen molar-refractivity contribution in [2.24, 2.45) is 11.6 Å². The summed E-state index contributed by atoms with van der Waals surface area (Å²) in [6.45, 7) is 1.77. The van der Waals surface area contributed by atoms with E-state index in [4.69, 9.17) is 16.3 Å². The molecule has 1 amide bonds. The number of aryl methyl sites for hydroxylation is 1. The number of amides is 1. The molecule has 98 valence electrons. The summed E-state index contributed by atoms with van der Waals surface area (Å²) in [6.07, 6.45) is 0. The normalized spacial score (nSPS) is 10.0. The number of aromatic nitrogens is 2. The topological polar surface area (TPSA) is 116 Å². The molecule has 0 aliphatic heterocycles. The summed E-state index contributed by atoms with van der Waals surface area (Å²) in [5, 5.41) is 0. The highest BCUT2D eigenvalue weighted by Gasteiger charge is 2.10. The quantitative estimate of drug-likeness (QED) is 0.556. The van der Waals surface area contributed by atoms with Crippen molar-refractivity contribution in [2.45, 2.75) is 6.92 Å². The van der Waals surface area contributed by atoms with Gasteiger partial charge in [0, 0.05) is 11.8 Å². The van der Waals surface area contributed by atoms with Crippen molar-refractivity contribution < 1.29 is 9.53 Å². The van der Waals surface area contributed by atoms with Gasteiger partial charge in [-0.1, -0.05) is 12.1 Å². The molecule has 0 aliphatic carbocycles. The molecule has 0 atom stereocenters. The number of benzene rings is 1. The molecule has 19 heavy (non-hydrogen) atoms. The first kappa shape index (κ1) is 12.8. The van der Waals surface area contributed by atoms with Crippen molar-refractivity contribution >= 4 is 11.9 Å². The number of para-hydroxylation sites is 1. The first-order valence-electron chi connectivity index (χ1n) is 5.49. The third-order valence-corrected chi connectivity index (χ3v) is 2.33. The number of carbonyl (C=O) groups is 1. The van der Waals surface area contributed by atoms with Crippen LogP contribution in [0, 0.1) is 6.92 Å². The number of anilines is 1. The van der Waals surface area contributed by atoms with E-state index in [0.29, 0.717) is 11.4 Å². The van der Waals surface area contributed by atoms with Gasteiger partial charge in [0.25, 0.3) is 5.91 Å². The number of carbonyl (C=O) groups excluding carboxylic acids is 1. The van der Waals surface area contributed by atoms with Gasteiger partial charge in [-0.2, -0.15) is 4.98 Å². The Morgan fingerprint density at radius 1 is 1.32 bits per heavy atom. The standard InChI is InChI=1S/C12H13N5O2/c1-7-6-10(16-12(15-7)17-14)19-9-5-3-2-4-8(9)11(13)18/h2-6H,14H2,1H3,(H2,13,18)(H,15,16,17).